The third kappa shape index (κ3) is 5.15. The number of nitrogens with one attached hydrogen (secondary N) is 1. The number of halogens is 1. The lowest BCUT2D eigenvalue weighted by Gasteiger charge is -2.25. The number of hydrogen-bond donors (Lipinski definition) is 1. The first-order valence-electron chi connectivity index (χ1n) is 8.07. The van der Waals surface area contributed by atoms with Crippen LogP contribution in [-0.2, 0) is 6.54 Å². The van der Waals surface area contributed by atoms with Crippen LogP contribution in [0.4, 0.5) is 5.82 Å². The molecule has 0 unspecified atom stereocenters. The maximum atomic E-state index is 6.49. The lowest BCUT2D eigenvalue weighted by Crippen LogP contribution is -2.35. The smallest absolute Gasteiger partial charge is 0.147 e. The second kappa shape index (κ2) is 6.97. The van der Waals surface area contributed by atoms with Crippen molar-refractivity contribution >= 4 is 17.4 Å². The quantitative estimate of drug-likeness (QED) is 0.809. The van der Waals surface area contributed by atoms with Gasteiger partial charge in [0.2, 0.25) is 0 Å². The molecule has 0 amide bonds. The minimum Gasteiger partial charge on any atom is -0.352 e. The predicted molar refractivity (Wildman–Crippen MR) is 91.1 cm³/mol. The Hall–Kier alpha value is -0.800. The minimum absolute atomic E-state index is 0.103. The molecule has 0 radical (unpaired) electrons. The first-order valence-corrected chi connectivity index (χ1v) is 8.44. The Morgan fingerprint density at radius 1 is 1.38 bits per heavy atom. The molecule has 0 atom stereocenters. The van der Waals surface area contributed by atoms with Crippen molar-refractivity contribution < 1.29 is 0 Å². The lowest BCUT2D eigenvalue weighted by atomic mass is 10.1. The van der Waals surface area contributed by atoms with Gasteiger partial charge in [-0.15, -0.1) is 0 Å². The number of anilines is 1. The summed E-state index contributed by atoms with van der Waals surface area (Å²) in [7, 11) is 0. The van der Waals surface area contributed by atoms with Crippen molar-refractivity contribution in [2.75, 3.05) is 11.4 Å². The Bertz CT molecular complexity index is 464. The number of pyridine rings is 1. The number of aromatic nitrogens is 1. The Labute approximate surface area is 134 Å². The molecule has 1 aromatic heterocycles. The van der Waals surface area contributed by atoms with E-state index in [0.29, 0.717) is 6.04 Å². The van der Waals surface area contributed by atoms with E-state index in [1.807, 2.05) is 6.20 Å². The Morgan fingerprint density at radius 3 is 2.62 bits per heavy atom. The van der Waals surface area contributed by atoms with E-state index in [-0.39, 0.29) is 5.54 Å². The zero-order chi connectivity index (χ0) is 15.5. The molecule has 1 aromatic rings. The van der Waals surface area contributed by atoms with E-state index in [0.717, 1.165) is 29.5 Å². The van der Waals surface area contributed by atoms with Crippen LogP contribution in [0.5, 0.6) is 0 Å². The van der Waals surface area contributed by atoms with Crippen LogP contribution in [0.15, 0.2) is 12.3 Å². The largest absolute Gasteiger partial charge is 0.352 e. The highest BCUT2D eigenvalue weighted by molar-refractivity contribution is 6.33. The third-order valence-corrected chi connectivity index (χ3v) is 3.99. The van der Waals surface area contributed by atoms with E-state index < -0.39 is 0 Å². The van der Waals surface area contributed by atoms with Crippen molar-refractivity contribution in [1.82, 2.24) is 10.3 Å². The molecule has 0 bridgehead atoms. The molecule has 0 aliphatic heterocycles. The van der Waals surface area contributed by atoms with Crippen molar-refractivity contribution in [3.63, 3.8) is 0 Å². The zero-order valence-corrected chi connectivity index (χ0v) is 14.5. The Morgan fingerprint density at radius 2 is 2.10 bits per heavy atom. The molecule has 1 aliphatic rings. The molecular formula is C17H28ClN3. The highest BCUT2D eigenvalue weighted by Gasteiger charge is 2.30. The summed E-state index contributed by atoms with van der Waals surface area (Å²) in [5.74, 6) is 0.965. The monoisotopic (exact) mass is 309 g/mol. The van der Waals surface area contributed by atoms with Crippen LogP contribution in [0, 0.1) is 0 Å². The molecular weight excluding hydrogens is 282 g/mol. The van der Waals surface area contributed by atoms with Crippen molar-refractivity contribution in [3.8, 4) is 0 Å². The summed E-state index contributed by atoms with van der Waals surface area (Å²) in [4.78, 5) is 7.04. The SMILES string of the molecule is CCCCN(c1ncc(CNC(C)(C)C)cc1Cl)C1CC1. The minimum atomic E-state index is 0.103. The molecule has 1 saturated carbocycles. The number of unbranched alkanes of at least 4 members (excludes halogenated alkanes) is 1. The van der Waals surface area contributed by atoms with Crippen molar-refractivity contribution in [3.05, 3.63) is 22.8 Å². The van der Waals surface area contributed by atoms with Gasteiger partial charge in [-0.3, -0.25) is 0 Å². The van der Waals surface area contributed by atoms with E-state index in [1.54, 1.807) is 0 Å². The fourth-order valence-electron chi connectivity index (χ4n) is 2.32. The summed E-state index contributed by atoms with van der Waals surface area (Å²) in [5, 5.41) is 4.25. The van der Waals surface area contributed by atoms with Gasteiger partial charge < -0.3 is 10.2 Å². The van der Waals surface area contributed by atoms with E-state index in [2.05, 4.69) is 49.0 Å². The van der Waals surface area contributed by atoms with Gasteiger partial charge in [0.05, 0.1) is 5.02 Å². The lowest BCUT2D eigenvalue weighted by molar-refractivity contribution is 0.424. The maximum Gasteiger partial charge on any atom is 0.147 e. The van der Waals surface area contributed by atoms with Crippen LogP contribution >= 0.6 is 11.6 Å². The number of hydrogen-bond acceptors (Lipinski definition) is 3. The average molecular weight is 310 g/mol. The van der Waals surface area contributed by atoms with Crippen LogP contribution in [0.2, 0.25) is 5.02 Å². The van der Waals surface area contributed by atoms with Gasteiger partial charge in [-0.1, -0.05) is 24.9 Å². The van der Waals surface area contributed by atoms with Gasteiger partial charge in [0.1, 0.15) is 5.82 Å². The highest BCUT2D eigenvalue weighted by Crippen LogP contribution is 2.34. The molecule has 1 fully saturated rings. The Balaban J connectivity index is 2.06. The Kier molecular flexibility index (Phi) is 5.50. The molecule has 1 aliphatic carbocycles. The van der Waals surface area contributed by atoms with Crippen LogP contribution in [-0.4, -0.2) is 23.1 Å². The van der Waals surface area contributed by atoms with Gasteiger partial charge in [-0.2, -0.15) is 0 Å². The number of nitrogens with zero attached hydrogens (tertiary/aromatic N) is 2. The summed E-state index contributed by atoms with van der Waals surface area (Å²) in [6.45, 7) is 10.6. The summed E-state index contributed by atoms with van der Waals surface area (Å²) in [6.07, 6.45) is 6.90. The molecule has 0 saturated heterocycles. The van der Waals surface area contributed by atoms with Crippen molar-refractivity contribution in [2.24, 2.45) is 0 Å². The van der Waals surface area contributed by atoms with Crippen molar-refractivity contribution in [2.45, 2.75) is 71.5 Å². The topological polar surface area (TPSA) is 28.2 Å². The number of rotatable bonds is 7. The van der Waals surface area contributed by atoms with E-state index >= 15 is 0 Å². The van der Waals surface area contributed by atoms with Crippen LogP contribution in [0.1, 0.15) is 58.9 Å². The van der Waals surface area contributed by atoms with E-state index in [9.17, 15) is 0 Å². The first kappa shape index (κ1) is 16.6. The molecule has 4 heteroatoms. The van der Waals surface area contributed by atoms with Crippen molar-refractivity contribution in [1.29, 1.82) is 0 Å². The zero-order valence-electron chi connectivity index (χ0n) is 13.7. The average Bonchev–Trinajstić information content (AvgIpc) is 3.22. The first-order chi connectivity index (χ1) is 9.90. The van der Waals surface area contributed by atoms with Gasteiger partial charge in [0, 0.05) is 30.9 Å². The van der Waals surface area contributed by atoms with E-state index in [1.165, 1.54) is 25.7 Å². The molecule has 1 N–H and O–H groups in total. The second-order valence-corrected chi connectivity index (χ2v) is 7.44. The fraction of sp³-hybridized carbons (Fsp3) is 0.706. The second-order valence-electron chi connectivity index (χ2n) is 7.03. The standard InChI is InChI=1S/C17H28ClN3/c1-5-6-9-21(14-7-8-14)16-15(18)10-13(11-19-16)12-20-17(2,3)4/h10-11,14,20H,5-9,12H2,1-4H3. The molecule has 21 heavy (non-hydrogen) atoms. The summed E-state index contributed by atoms with van der Waals surface area (Å²) >= 11 is 6.49. The van der Waals surface area contributed by atoms with Crippen LogP contribution in [0.25, 0.3) is 0 Å². The summed E-state index contributed by atoms with van der Waals surface area (Å²) in [5.41, 5.74) is 1.25. The molecule has 0 aromatic carbocycles. The predicted octanol–water partition coefficient (Wildman–Crippen LogP) is 4.39. The fourth-order valence-corrected chi connectivity index (χ4v) is 2.62. The van der Waals surface area contributed by atoms with Crippen LogP contribution < -0.4 is 10.2 Å². The van der Waals surface area contributed by atoms with E-state index in [4.69, 9.17) is 11.6 Å². The van der Waals surface area contributed by atoms with Crippen LogP contribution in [0.3, 0.4) is 0 Å². The van der Waals surface area contributed by atoms with Gasteiger partial charge in [-0.05, 0) is 51.7 Å². The molecule has 0 spiro atoms. The van der Waals surface area contributed by atoms with Gasteiger partial charge in [0.15, 0.2) is 0 Å². The highest BCUT2D eigenvalue weighted by atomic mass is 35.5. The summed E-state index contributed by atoms with van der Waals surface area (Å²) in [6, 6.07) is 2.71. The van der Waals surface area contributed by atoms with Gasteiger partial charge >= 0.3 is 0 Å². The molecule has 3 nitrogen and oxygen atoms in total. The summed E-state index contributed by atoms with van der Waals surface area (Å²) < 4.78 is 0. The molecule has 1 heterocycles. The van der Waals surface area contributed by atoms with Gasteiger partial charge in [0.25, 0.3) is 0 Å². The van der Waals surface area contributed by atoms with Gasteiger partial charge in [-0.25, -0.2) is 4.98 Å². The molecule has 2 rings (SSSR count). The molecule has 118 valence electrons. The maximum absolute atomic E-state index is 6.49. The normalized spacial score (nSPS) is 15.3. The third-order valence-electron chi connectivity index (χ3n) is 3.71.